The number of aryl methyl sites for hydroxylation is 1. The van der Waals surface area contributed by atoms with Crippen LogP contribution in [0, 0.1) is 0 Å². The van der Waals surface area contributed by atoms with Gasteiger partial charge in [0.1, 0.15) is 45.1 Å². The van der Waals surface area contributed by atoms with Gasteiger partial charge in [-0.1, -0.05) is 96.7 Å². The lowest BCUT2D eigenvalue weighted by molar-refractivity contribution is 0.900. The number of para-hydroxylation sites is 2. The molecule has 1 aliphatic heterocycles. The summed E-state index contributed by atoms with van der Waals surface area (Å²) in [5.41, 5.74) is 21.3. The van der Waals surface area contributed by atoms with Crippen molar-refractivity contribution >= 4 is 94.6 Å². The molecule has 0 N–H and O–H groups in total. The smallest absolute Gasteiger partial charge is 0.139 e. The molecule has 8 heteroatoms. The van der Waals surface area contributed by atoms with E-state index in [-0.39, 0.29) is 0 Å². The molecule has 2 heterocycles. The second-order valence-electron chi connectivity index (χ2n) is 12.9. The van der Waals surface area contributed by atoms with E-state index in [1.54, 1.807) is 0 Å². The zero-order valence-electron chi connectivity index (χ0n) is 28.0. The highest BCUT2D eigenvalue weighted by Crippen LogP contribution is 2.48. The highest BCUT2D eigenvalue weighted by atomic mass is 15.2. The number of anilines is 3. The largest absolute Gasteiger partial charge is 0.306 e. The van der Waals surface area contributed by atoms with Crippen LogP contribution >= 0.6 is 0 Å². The van der Waals surface area contributed by atoms with Gasteiger partial charge in [-0.2, -0.15) is 0 Å². The average molecular weight is 599 g/mol. The molecule has 0 saturated heterocycles. The summed E-state index contributed by atoms with van der Waals surface area (Å²) in [6.07, 6.45) is 0.868. The topological polar surface area (TPSA) is 21.1 Å². The van der Waals surface area contributed by atoms with Gasteiger partial charge in [0.25, 0.3) is 0 Å². The van der Waals surface area contributed by atoms with E-state index in [1.807, 2.05) is 0 Å². The van der Waals surface area contributed by atoms with E-state index in [0.717, 1.165) is 40.5 Å². The zero-order valence-corrected chi connectivity index (χ0v) is 28.0. The molecule has 1 aliphatic rings. The number of benzene rings is 6. The maximum atomic E-state index is 5.03. The fourth-order valence-electron chi connectivity index (χ4n) is 7.51. The molecule has 0 radical (unpaired) electrons. The number of imidazole rings is 1. The van der Waals surface area contributed by atoms with Crippen LogP contribution in [0.15, 0.2) is 115 Å². The standard InChI is InChI=1S/C39H34B5N3/c1-2-32-45-28-9-6-10-30-39(28)47(32)29-20-19-26(21-31(29)46(30)27-7-4-3-5-8-27)24-13-11-22(12-14-24)23-15-17-25(18-16-23)33-34(40)36(42)38(44)37(43)35(33)41/h3-21H,2,40-44H2,1H3. The van der Waals surface area contributed by atoms with E-state index < -0.39 is 0 Å². The number of fused-ring (bicyclic) bond motifs is 2. The molecular formula is C39H34B5N3. The Morgan fingerprint density at radius 2 is 1.06 bits per heavy atom. The predicted octanol–water partition coefficient (Wildman–Crippen LogP) is 1.66. The second kappa shape index (κ2) is 11.3. The van der Waals surface area contributed by atoms with E-state index >= 15 is 0 Å². The summed E-state index contributed by atoms with van der Waals surface area (Å²) in [6, 6.07) is 42.1. The molecule has 6 aromatic carbocycles. The van der Waals surface area contributed by atoms with E-state index in [4.69, 9.17) is 4.98 Å². The lowest BCUT2D eigenvalue weighted by Crippen LogP contribution is -2.55. The van der Waals surface area contributed by atoms with Crippen LogP contribution in [0.3, 0.4) is 0 Å². The van der Waals surface area contributed by atoms with Crippen LogP contribution < -0.4 is 32.2 Å². The fourth-order valence-corrected chi connectivity index (χ4v) is 7.51. The van der Waals surface area contributed by atoms with Crippen molar-refractivity contribution in [1.82, 2.24) is 9.55 Å². The van der Waals surface area contributed by atoms with Crippen molar-refractivity contribution in [2.24, 2.45) is 0 Å². The Kier molecular flexibility index (Phi) is 7.06. The summed E-state index contributed by atoms with van der Waals surface area (Å²) in [7, 11) is 11.2. The van der Waals surface area contributed by atoms with Crippen LogP contribution in [-0.4, -0.2) is 48.8 Å². The van der Waals surface area contributed by atoms with Gasteiger partial charge in [0.05, 0.1) is 28.1 Å². The summed E-state index contributed by atoms with van der Waals surface area (Å²) >= 11 is 0. The molecule has 7 aromatic rings. The molecule has 0 atom stereocenters. The normalized spacial score (nSPS) is 12.0. The van der Waals surface area contributed by atoms with Gasteiger partial charge in [-0.15, -0.1) is 16.4 Å². The first-order chi connectivity index (χ1) is 22.9. The Hall–Kier alpha value is -5.09. The SMILES string of the molecule is Bc1c(B)c(B)c(-c2ccc(-c3ccc(-c4ccc5c(c4)N(c4ccccc4)c4cccc6nc(CC)n-5c46)cc3)cc2)c(B)c1B. The highest BCUT2D eigenvalue weighted by Gasteiger charge is 2.29. The molecule has 0 aliphatic carbocycles. The lowest BCUT2D eigenvalue weighted by atomic mass is 9.59. The quantitative estimate of drug-likeness (QED) is 0.281. The zero-order chi connectivity index (χ0) is 32.4. The monoisotopic (exact) mass is 599 g/mol. The van der Waals surface area contributed by atoms with Crippen LogP contribution in [0.4, 0.5) is 17.1 Å². The molecular weight excluding hydrogens is 565 g/mol. The van der Waals surface area contributed by atoms with Gasteiger partial charge in [0, 0.05) is 12.1 Å². The van der Waals surface area contributed by atoms with Gasteiger partial charge in [-0.25, -0.2) is 4.98 Å². The molecule has 0 amide bonds. The van der Waals surface area contributed by atoms with Gasteiger partial charge < -0.3 is 4.90 Å². The van der Waals surface area contributed by atoms with Crippen molar-refractivity contribution in [3.8, 4) is 39.1 Å². The van der Waals surface area contributed by atoms with Crippen molar-refractivity contribution in [2.75, 3.05) is 4.90 Å². The molecule has 0 saturated carbocycles. The van der Waals surface area contributed by atoms with Gasteiger partial charge in [0.15, 0.2) is 0 Å². The average Bonchev–Trinajstić information content (AvgIpc) is 3.51. The minimum Gasteiger partial charge on any atom is -0.306 e. The van der Waals surface area contributed by atoms with E-state index in [2.05, 4.69) is 171 Å². The van der Waals surface area contributed by atoms with Crippen molar-refractivity contribution < 1.29 is 0 Å². The predicted molar refractivity (Wildman–Crippen MR) is 216 cm³/mol. The first-order valence-electron chi connectivity index (χ1n) is 16.6. The van der Waals surface area contributed by atoms with E-state index in [0.29, 0.717) is 0 Å². The number of hydrogen-bond donors (Lipinski definition) is 0. The van der Waals surface area contributed by atoms with Gasteiger partial charge in [-0.3, -0.25) is 4.57 Å². The number of aromatic nitrogens is 2. The van der Waals surface area contributed by atoms with E-state index in [1.165, 1.54) is 66.2 Å². The van der Waals surface area contributed by atoms with Gasteiger partial charge in [-0.05, 0) is 69.8 Å². The maximum Gasteiger partial charge on any atom is 0.139 e. The van der Waals surface area contributed by atoms with Crippen molar-refractivity contribution in [1.29, 1.82) is 0 Å². The summed E-state index contributed by atoms with van der Waals surface area (Å²) in [6.45, 7) is 2.18. The van der Waals surface area contributed by atoms with Crippen LogP contribution in [0.25, 0.3) is 50.1 Å². The van der Waals surface area contributed by atoms with Crippen molar-refractivity contribution in [2.45, 2.75) is 13.3 Å². The van der Waals surface area contributed by atoms with Crippen molar-refractivity contribution in [3.63, 3.8) is 0 Å². The molecule has 1 aromatic heterocycles. The molecule has 220 valence electrons. The van der Waals surface area contributed by atoms with Crippen LogP contribution in [0.1, 0.15) is 12.7 Å². The lowest BCUT2D eigenvalue weighted by Gasteiger charge is -2.33. The van der Waals surface area contributed by atoms with E-state index in [9.17, 15) is 0 Å². The molecule has 0 bridgehead atoms. The van der Waals surface area contributed by atoms with Crippen LogP contribution in [0.2, 0.25) is 0 Å². The summed E-state index contributed by atoms with van der Waals surface area (Å²) in [5, 5.41) is 0. The summed E-state index contributed by atoms with van der Waals surface area (Å²) < 4.78 is 2.36. The molecule has 0 unspecified atom stereocenters. The number of hydrogen-bond acceptors (Lipinski definition) is 2. The third-order valence-corrected chi connectivity index (χ3v) is 10.5. The Morgan fingerprint density at radius 3 is 1.68 bits per heavy atom. The third-order valence-electron chi connectivity index (χ3n) is 10.5. The van der Waals surface area contributed by atoms with Gasteiger partial charge >= 0.3 is 0 Å². The summed E-state index contributed by atoms with van der Waals surface area (Å²) in [4.78, 5) is 7.41. The number of rotatable bonds is 5. The van der Waals surface area contributed by atoms with Gasteiger partial charge in [0.2, 0.25) is 0 Å². The third kappa shape index (κ3) is 4.61. The first kappa shape index (κ1) is 29.3. The number of nitrogens with zero attached hydrogens (tertiary/aromatic N) is 3. The summed E-state index contributed by atoms with van der Waals surface area (Å²) in [5.74, 6) is 1.09. The molecule has 47 heavy (non-hydrogen) atoms. The van der Waals surface area contributed by atoms with Crippen LogP contribution in [0.5, 0.6) is 0 Å². The minimum absolute atomic E-state index is 0.868. The molecule has 0 spiro atoms. The first-order valence-corrected chi connectivity index (χ1v) is 16.6. The highest BCUT2D eigenvalue weighted by molar-refractivity contribution is 6.68. The Bertz CT molecular complexity index is 2300. The molecule has 3 nitrogen and oxygen atoms in total. The minimum atomic E-state index is 0.868. The fraction of sp³-hybridized carbons (Fsp3) is 0.0513. The second-order valence-corrected chi connectivity index (χ2v) is 12.9. The molecule has 0 fully saturated rings. The Balaban J connectivity index is 1.17. The Labute approximate surface area is 281 Å². The maximum absolute atomic E-state index is 5.03. The van der Waals surface area contributed by atoms with Crippen LogP contribution in [-0.2, 0) is 6.42 Å². The van der Waals surface area contributed by atoms with Crippen molar-refractivity contribution in [3.05, 3.63) is 121 Å². The molecule has 8 rings (SSSR count). The Morgan fingerprint density at radius 1 is 0.511 bits per heavy atom.